The summed E-state index contributed by atoms with van der Waals surface area (Å²) in [5, 5.41) is 71.4. The molecule has 0 spiro atoms. The summed E-state index contributed by atoms with van der Waals surface area (Å²) in [5.41, 5.74) is 0. The van der Waals surface area contributed by atoms with E-state index in [1.54, 1.807) is 0 Å². The van der Waals surface area contributed by atoms with Gasteiger partial charge in [0.2, 0.25) is 0 Å². The van der Waals surface area contributed by atoms with Crippen molar-refractivity contribution < 1.29 is 78.4 Å². The summed E-state index contributed by atoms with van der Waals surface area (Å²) >= 11 is 0. The Kier molecular flexibility index (Phi) is 12.0. The van der Waals surface area contributed by atoms with Gasteiger partial charge in [0.15, 0.2) is 18.9 Å². The number of rotatable bonds is 11. The molecule has 3 aliphatic heterocycles. The number of aliphatic hydroxyl groups excluding tert-OH is 7. The maximum absolute atomic E-state index is 10.9. The highest BCUT2D eigenvalue weighted by Gasteiger charge is 2.54. The number of hydrogen-bond acceptors (Lipinski definition) is 16. The second kappa shape index (κ2) is 14.3. The zero-order valence-corrected chi connectivity index (χ0v) is 21.6. The van der Waals surface area contributed by atoms with Gasteiger partial charge in [0, 0.05) is 28.4 Å². The Hall–Kier alpha value is -0.640. The zero-order chi connectivity index (χ0) is 28.1. The highest BCUT2D eigenvalue weighted by Crippen LogP contribution is 2.33. The fraction of sp³-hybridized carbons (Fsp3) is 1.00. The van der Waals surface area contributed by atoms with E-state index >= 15 is 0 Å². The van der Waals surface area contributed by atoms with Gasteiger partial charge in [0.1, 0.15) is 73.2 Å². The molecule has 16 heteroatoms. The average Bonchev–Trinajstić information content (AvgIpc) is 2.92. The molecule has 16 nitrogen and oxygen atoms in total. The highest BCUT2D eigenvalue weighted by molar-refractivity contribution is 4.97. The third-order valence-corrected chi connectivity index (χ3v) is 6.95. The molecule has 0 aliphatic carbocycles. The fourth-order valence-corrected chi connectivity index (χ4v) is 4.87. The smallest absolute Gasteiger partial charge is 0.187 e. The highest BCUT2D eigenvalue weighted by atomic mass is 16.8. The predicted octanol–water partition coefficient (Wildman–Crippen LogP) is -4.96. The number of aliphatic hydroxyl groups is 7. The first-order valence-electron chi connectivity index (χ1n) is 12.1. The first-order chi connectivity index (χ1) is 18.2. The van der Waals surface area contributed by atoms with Gasteiger partial charge in [-0.05, 0) is 0 Å². The molecule has 3 aliphatic rings. The first-order valence-corrected chi connectivity index (χ1v) is 12.1. The molecule has 15 atom stereocenters. The summed E-state index contributed by atoms with van der Waals surface area (Å²) in [6.07, 6.45) is -19.9. The third-order valence-electron chi connectivity index (χ3n) is 6.95. The first kappa shape index (κ1) is 31.9. The van der Waals surface area contributed by atoms with Crippen molar-refractivity contribution in [1.82, 2.24) is 0 Å². The van der Waals surface area contributed by atoms with Gasteiger partial charge >= 0.3 is 0 Å². The minimum absolute atomic E-state index is 0.0401. The second-order valence-corrected chi connectivity index (χ2v) is 9.24. The predicted molar refractivity (Wildman–Crippen MR) is 120 cm³/mol. The lowest BCUT2D eigenvalue weighted by atomic mass is 9.96. The lowest BCUT2D eigenvalue weighted by molar-refractivity contribution is -0.380. The summed E-state index contributed by atoms with van der Waals surface area (Å²) in [5.74, 6) is 0. The molecular weight excluding hydrogens is 520 g/mol. The third kappa shape index (κ3) is 6.46. The van der Waals surface area contributed by atoms with Gasteiger partial charge in [0.05, 0.1) is 19.8 Å². The van der Waals surface area contributed by atoms with E-state index in [1.807, 2.05) is 0 Å². The van der Waals surface area contributed by atoms with Gasteiger partial charge in [-0.1, -0.05) is 0 Å². The van der Waals surface area contributed by atoms with Crippen LogP contribution >= 0.6 is 0 Å². The Morgan fingerprint density at radius 3 is 1.55 bits per heavy atom. The normalized spacial score (nSPS) is 48.2. The molecule has 0 radical (unpaired) electrons. The zero-order valence-electron chi connectivity index (χ0n) is 21.6. The Bertz CT molecular complexity index is 698. The van der Waals surface area contributed by atoms with Crippen LogP contribution in [0.3, 0.4) is 0 Å². The minimum atomic E-state index is -1.78. The van der Waals surface area contributed by atoms with Crippen LogP contribution in [0.15, 0.2) is 0 Å². The van der Waals surface area contributed by atoms with E-state index in [0.717, 1.165) is 0 Å². The van der Waals surface area contributed by atoms with Crippen molar-refractivity contribution in [2.75, 3.05) is 48.3 Å². The molecule has 3 fully saturated rings. The second-order valence-electron chi connectivity index (χ2n) is 9.24. The van der Waals surface area contributed by atoms with Crippen LogP contribution in [0.4, 0.5) is 0 Å². The maximum Gasteiger partial charge on any atom is 0.187 e. The fourth-order valence-electron chi connectivity index (χ4n) is 4.87. The summed E-state index contributed by atoms with van der Waals surface area (Å²) in [7, 11) is 5.73. The largest absolute Gasteiger partial charge is 0.394 e. The van der Waals surface area contributed by atoms with Gasteiger partial charge in [-0.15, -0.1) is 0 Å². The summed E-state index contributed by atoms with van der Waals surface area (Å²) in [4.78, 5) is 0. The van der Waals surface area contributed by atoms with Crippen LogP contribution in [0.5, 0.6) is 0 Å². The van der Waals surface area contributed by atoms with Gasteiger partial charge in [-0.3, -0.25) is 0 Å². The van der Waals surface area contributed by atoms with Gasteiger partial charge in [-0.2, -0.15) is 0 Å². The molecule has 0 amide bonds. The maximum atomic E-state index is 10.9. The molecule has 0 aromatic rings. The molecule has 3 heterocycles. The molecule has 7 N–H and O–H groups in total. The van der Waals surface area contributed by atoms with Gasteiger partial charge in [-0.25, -0.2) is 0 Å². The monoisotopic (exact) mass is 560 g/mol. The topological polar surface area (TPSA) is 225 Å². The van der Waals surface area contributed by atoms with E-state index in [2.05, 4.69) is 0 Å². The number of ether oxygens (including phenoxy) is 9. The minimum Gasteiger partial charge on any atom is -0.394 e. The van der Waals surface area contributed by atoms with Crippen molar-refractivity contribution in [3.8, 4) is 0 Å². The van der Waals surface area contributed by atoms with Crippen LogP contribution in [-0.4, -0.2) is 176 Å². The Morgan fingerprint density at radius 2 is 1.03 bits per heavy atom. The van der Waals surface area contributed by atoms with Gasteiger partial charge in [0.25, 0.3) is 0 Å². The Balaban J connectivity index is 1.77. The van der Waals surface area contributed by atoms with Crippen molar-refractivity contribution in [2.45, 2.75) is 92.1 Å². The van der Waals surface area contributed by atoms with Crippen molar-refractivity contribution in [3.05, 3.63) is 0 Å². The van der Waals surface area contributed by atoms with Crippen LogP contribution in [-0.2, 0) is 42.6 Å². The quantitative estimate of drug-likeness (QED) is 0.126. The average molecular weight is 561 g/mol. The van der Waals surface area contributed by atoms with E-state index in [-0.39, 0.29) is 6.61 Å². The lowest BCUT2D eigenvalue weighted by Crippen LogP contribution is -2.67. The van der Waals surface area contributed by atoms with E-state index < -0.39 is 105 Å². The molecule has 0 bridgehead atoms. The van der Waals surface area contributed by atoms with Crippen molar-refractivity contribution >= 4 is 0 Å². The molecule has 0 aromatic carbocycles. The van der Waals surface area contributed by atoms with Crippen LogP contribution in [0.2, 0.25) is 0 Å². The summed E-state index contributed by atoms with van der Waals surface area (Å²) in [6.45, 7) is -1.37. The van der Waals surface area contributed by atoms with Gasteiger partial charge < -0.3 is 78.4 Å². The molecule has 38 heavy (non-hydrogen) atoms. The molecule has 224 valence electrons. The molecular formula is C22H40O16. The number of hydrogen-bond donors (Lipinski definition) is 7. The van der Waals surface area contributed by atoms with E-state index in [9.17, 15) is 35.7 Å². The lowest BCUT2D eigenvalue weighted by Gasteiger charge is -2.49. The molecule has 0 aromatic heterocycles. The van der Waals surface area contributed by atoms with Crippen molar-refractivity contribution in [1.29, 1.82) is 0 Å². The Labute approximate surface area is 219 Å². The van der Waals surface area contributed by atoms with E-state index in [4.69, 9.17) is 42.6 Å². The van der Waals surface area contributed by atoms with Crippen LogP contribution < -0.4 is 0 Å². The molecule has 3 saturated heterocycles. The van der Waals surface area contributed by atoms with E-state index in [0.29, 0.717) is 0 Å². The van der Waals surface area contributed by atoms with Crippen molar-refractivity contribution in [2.24, 2.45) is 0 Å². The molecule has 0 unspecified atom stereocenters. The summed E-state index contributed by atoms with van der Waals surface area (Å²) < 4.78 is 50.2. The van der Waals surface area contributed by atoms with Crippen LogP contribution in [0.25, 0.3) is 0 Å². The molecule has 3 rings (SSSR count). The van der Waals surface area contributed by atoms with Crippen LogP contribution in [0, 0.1) is 0 Å². The molecule has 0 saturated carbocycles. The number of methoxy groups -OCH3 is 4. The van der Waals surface area contributed by atoms with Crippen LogP contribution in [0.1, 0.15) is 0 Å². The standard InChI is InChI=1S/C22H40O16/c1-30-7-10-17(18(31-2)19(32-3)22(33-4)36-10)38-21-15(29)13(27)16(9(6-24)35-21)37-20-14(28)12(26)11(25)8(5-23)34-20/h8-29H,5-7H2,1-4H3/t8-,9-,10-,11-,12+,13-,14-,15-,16-,17-,18+,19-,20+,21+,22+/m1/s1. The van der Waals surface area contributed by atoms with E-state index in [1.165, 1.54) is 28.4 Å². The van der Waals surface area contributed by atoms with Crippen molar-refractivity contribution in [3.63, 3.8) is 0 Å². The Morgan fingerprint density at radius 1 is 0.500 bits per heavy atom. The summed E-state index contributed by atoms with van der Waals surface area (Å²) in [6, 6.07) is 0. The SMILES string of the molecule is COC[C@H]1O[C@H](OC)[C@H](OC)[C@@H](OC)[C@@H]1O[C@@H]1O[C@H](CO)[C@@H](O[C@@H]2O[C@H](CO)[C@@H](O)[C@H](O)[C@H]2O)[C@H](O)[C@H]1O.